The van der Waals surface area contributed by atoms with Gasteiger partial charge < -0.3 is 15.1 Å². The SMILES string of the molecule is CCc1cnc(CNC2CCNC2)o1. The molecule has 78 valence electrons. The summed E-state index contributed by atoms with van der Waals surface area (Å²) in [4.78, 5) is 4.20. The van der Waals surface area contributed by atoms with Crippen LogP contribution in [0.4, 0.5) is 0 Å². The fraction of sp³-hybridized carbons (Fsp3) is 0.700. The minimum atomic E-state index is 0.576. The van der Waals surface area contributed by atoms with E-state index in [0.29, 0.717) is 6.04 Å². The molecule has 1 saturated heterocycles. The second kappa shape index (κ2) is 4.57. The summed E-state index contributed by atoms with van der Waals surface area (Å²) in [6.45, 7) is 4.98. The fourth-order valence-corrected chi connectivity index (χ4v) is 1.65. The Kier molecular flexibility index (Phi) is 3.16. The number of hydrogen-bond donors (Lipinski definition) is 2. The minimum Gasteiger partial charge on any atom is -0.444 e. The van der Waals surface area contributed by atoms with Crippen LogP contribution in [0.5, 0.6) is 0 Å². The van der Waals surface area contributed by atoms with E-state index in [1.54, 1.807) is 0 Å². The van der Waals surface area contributed by atoms with Crippen molar-refractivity contribution in [2.75, 3.05) is 13.1 Å². The minimum absolute atomic E-state index is 0.576. The van der Waals surface area contributed by atoms with Crippen molar-refractivity contribution < 1.29 is 4.42 Å². The van der Waals surface area contributed by atoms with Gasteiger partial charge in [-0.05, 0) is 13.0 Å². The van der Waals surface area contributed by atoms with Crippen LogP contribution in [0.3, 0.4) is 0 Å². The lowest BCUT2D eigenvalue weighted by Crippen LogP contribution is -2.30. The van der Waals surface area contributed by atoms with Crippen LogP contribution >= 0.6 is 0 Å². The van der Waals surface area contributed by atoms with Gasteiger partial charge in [-0.3, -0.25) is 0 Å². The third kappa shape index (κ3) is 2.33. The molecule has 0 amide bonds. The summed E-state index contributed by atoms with van der Waals surface area (Å²) in [6.07, 6.45) is 3.92. The normalized spacial score (nSPS) is 21.6. The molecular weight excluding hydrogens is 178 g/mol. The number of nitrogens with zero attached hydrogens (tertiary/aromatic N) is 1. The van der Waals surface area contributed by atoms with E-state index < -0.39 is 0 Å². The lowest BCUT2D eigenvalue weighted by atomic mass is 10.2. The summed E-state index contributed by atoms with van der Waals surface area (Å²) in [5.74, 6) is 1.76. The maximum absolute atomic E-state index is 5.50. The molecule has 1 fully saturated rings. The van der Waals surface area contributed by atoms with Gasteiger partial charge in [0, 0.05) is 19.0 Å². The molecule has 0 aromatic carbocycles. The highest BCUT2D eigenvalue weighted by Gasteiger charge is 2.14. The Morgan fingerprint density at radius 2 is 2.64 bits per heavy atom. The molecule has 2 rings (SSSR count). The van der Waals surface area contributed by atoms with Crippen LogP contribution in [-0.2, 0) is 13.0 Å². The zero-order chi connectivity index (χ0) is 9.80. The number of aryl methyl sites for hydroxylation is 1. The second-order valence-electron chi connectivity index (χ2n) is 3.64. The van der Waals surface area contributed by atoms with Crippen molar-refractivity contribution in [3.8, 4) is 0 Å². The van der Waals surface area contributed by atoms with E-state index in [0.717, 1.165) is 37.7 Å². The van der Waals surface area contributed by atoms with Gasteiger partial charge in [0.05, 0.1) is 12.7 Å². The number of rotatable bonds is 4. The Hall–Kier alpha value is -0.870. The molecule has 1 aromatic heterocycles. The largest absolute Gasteiger partial charge is 0.444 e. The summed E-state index contributed by atoms with van der Waals surface area (Å²) in [7, 11) is 0. The zero-order valence-corrected chi connectivity index (χ0v) is 8.55. The summed E-state index contributed by atoms with van der Waals surface area (Å²) in [5, 5.41) is 6.73. The molecule has 0 aliphatic carbocycles. The predicted octanol–water partition coefficient (Wildman–Crippen LogP) is 0.689. The highest BCUT2D eigenvalue weighted by Crippen LogP contribution is 2.05. The smallest absolute Gasteiger partial charge is 0.208 e. The van der Waals surface area contributed by atoms with E-state index in [-0.39, 0.29) is 0 Å². The maximum Gasteiger partial charge on any atom is 0.208 e. The number of oxazole rings is 1. The third-order valence-electron chi connectivity index (χ3n) is 2.55. The van der Waals surface area contributed by atoms with E-state index >= 15 is 0 Å². The first-order valence-electron chi connectivity index (χ1n) is 5.26. The molecule has 14 heavy (non-hydrogen) atoms. The highest BCUT2D eigenvalue weighted by molar-refractivity contribution is 4.93. The molecule has 0 radical (unpaired) electrons. The van der Waals surface area contributed by atoms with Crippen molar-refractivity contribution in [3.05, 3.63) is 17.8 Å². The monoisotopic (exact) mass is 195 g/mol. The van der Waals surface area contributed by atoms with E-state index in [2.05, 4.69) is 22.5 Å². The van der Waals surface area contributed by atoms with Gasteiger partial charge in [0.15, 0.2) is 0 Å². The van der Waals surface area contributed by atoms with Crippen LogP contribution in [0.25, 0.3) is 0 Å². The van der Waals surface area contributed by atoms with Gasteiger partial charge in [0.1, 0.15) is 5.76 Å². The fourth-order valence-electron chi connectivity index (χ4n) is 1.65. The first-order valence-corrected chi connectivity index (χ1v) is 5.26. The van der Waals surface area contributed by atoms with Crippen LogP contribution < -0.4 is 10.6 Å². The van der Waals surface area contributed by atoms with Gasteiger partial charge in [0.25, 0.3) is 0 Å². The van der Waals surface area contributed by atoms with Gasteiger partial charge in [-0.2, -0.15) is 0 Å². The number of aromatic nitrogens is 1. The van der Waals surface area contributed by atoms with Crippen molar-refractivity contribution in [1.29, 1.82) is 0 Å². The molecule has 1 atom stereocenters. The molecule has 1 aromatic rings. The Morgan fingerprint density at radius 1 is 1.71 bits per heavy atom. The Bertz CT molecular complexity index is 279. The molecule has 1 unspecified atom stereocenters. The summed E-state index contributed by atoms with van der Waals surface area (Å²) in [5.41, 5.74) is 0. The van der Waals surface area contributed by atoms with Crippen LogP contribution in [0.15, 0.2) is 10.6 Å². The summed E-state index contributed by atoms with van der Waals surface area (Å²) >= 11 is 0. The average Bonchev–Trinajstić information content (AvgIpc) is 2.86. The lowest BCUT2D eigenvalue weighted by Gasteiger charge is -2.08. The lowest BCUT2D eigenvalue weighted by molar-refractivity contribution is 0.420. The molecule has 2 heterocycles. The van der Waals surface area contributed by atoms with Crippen LogP contribution in [0.1, 0.15) is 25.0 Å². The summed E-state index contributed by atoms with van der Waals surface area (Å²) in [6, 6.07) is 0.576. The Balaban J connectivity index is 1.79. The first kappa shape index (κ1) is 9.68. The van der Waals surface area contributed by atoms with Crippen LogP contribution in [0.2, 0.25) is 0 Å². The number of hydrogen-bond acceptors (Lipinski definition) is 4. The van der Waals surface area contributed by atoms with Gasteiger partial charge in [-0.15, -0.1) is 0 Å². The second-order valence-corrected chi connectivity index (χ2v) is 3.64. The van der Waals surface area contributed by atoms with Gasteiger partial charge in [-0.1, -0.05) is 6.92 Å². The zero-order valence-electron chi connectivity index (χ0n) is 8.55. The van der Waals surface area contributed by atoms with E-state index in [1.165, 1.54) is 6.42 Å². The Labute approximate surface area is 84.1 Å². The molecule has 4 heteroatoms. The van der Waals surface area contributed by atoms with Crippen LogP contribution in [0, 0.1) is 0 Å². The molecule has 0 spiro atoms. The molecule has 2 N–H and O–H groups in total. The van der Waals surface area contributed by atoms with E-state index in [9.17, 15) is 0 Å². The maximum atomic E-state index is 5.50. The van der Waals surface area contributed by atoms with Gasteiger partial charge in [-0.25, -0.2) is 4.98 Å². The van der Waals surface area contributed by atoms with Gasteiger partial charge >= 0.3 is 0 Å². The van der Waals surface area contributed by atoms with Crippen molar-refractivity contribution in [1.82, 2.24) is 15.6 Å². The molecule has 0 saturated carbocycles. The standard InChI is InChI=1S/C10H17N3O/c1-2-9-6-13-10(14-9)7-12-8-3-4-11-5-8/h6,8,11-12H,2-5,7H2,1H3. The molecule has 1 aliphatic heterocycles. The van der Waals surface area contributed by atoms with Crippen molar-refractivity contribution >= 4 is 0 Å². The molecule has 4 nitrogen and oxygen atoms in total. The van der Waals surface area contributed by atoms with Crippen molar-refractivity contribution in [3.63, 3.8) is 0 Å². The highest BCUT2D eigenvalue weighted by atomic mass is 16.4. The van der Waals surface area contributed by atoms with E-state index in [4.69, 9.17) is 4.42 Å². The topological polar surface area (TPSA) is 50.1 Å². The van der Waals surface area contributed by atoms with E-state index in [1.807, 2.05) is 6.20 Å². The third-order valence-corrected chi connectivity index (χ3v) is 2.55. The summed E-state index contributed by atoms with van der Waals surface area (Å²) < 4.78 is 5.50. The molecule has 0 bridgehead atoms. The molecule has 1 aliphatic rings. The van der Waals surface area contributed by atoms with Crippen molar-refractivity contribution in [2.24, 2.45) is 0 Å². The first-order chi connectivity index (χ1) is 6.88. The Morgan fingerprint density at radius 3 is 3.29 bits per heavy atom. The van der Waals surface area contributed by atoms with Crippen LogP contribution in [-0.4, -0.2) is 24.1 Å². The van der Waals surface area contributed by atoms with Gasteiger partial charge in [0.2, 0.25) is 5.89 Å². The average molecular weight is 195 g/mol. The quantitative estimate of drug-likeness (QED) is 0.742. The molecular formula is C10H17N3O. The predicted molar refractivity (Wildman–Crippen MR) is 54.0 cm³/mol. The number of nitrogens with one attached hydrogen (secondary N) is 2. The van der Waals surface area contributed by atoms with Crippen molar-refractivity contribution in [2.45, 2.75) is 32.4 Å².